The summed E-state index contributed by atoms with van der Waals surface area (Å²) in [6, 6.07) is 11.5. The van der Waals surface area contributed by atoms with E-state index >= 15 is 0 Å². The van der Waals surface area contributed by atoms with Gasteiger partial charge in [0.2, 0.25) is 5.91 Å². The van der Waals surface area contributed by atoms with E-state index in [0.717, 1.165) is 10.3 Å². The van der Waals surface area contributed by atoms with Gasteiger partial charge in [0.25, 0.3) is 5.56 Å². The standard InChI is InChI=1S/C18H19N3O2S/c1-12(2)17(13-6-4-3-5-7-13)20-16(22)11-21-18(23)14-8-9-24-15(14)10-19-21/h3-10,12,17H,11H2,1-2H3,(H,20,22). The van der Waals surface area contributed by atoms with Crippen LogP contribution in [0.4, 0.5) is 0 Å². The summed E-state index contributed by atoms with van der Waals surface area (Å²) in [5.74, 6) is 0.0158. The lowest BCUT2D eigenvalue weighted by atomic mass is 9.96. The largest absolute Gasteiger partial charge is 0.347 e. The van der Waals surface area contributed by atoms with E-state index in [9.17, 15) is 9.59 Å². The van der Waals surface area contributed by atoms with Gasteiger partial charge in [-0.2, -0.15) is 5.10 Å². The van der Waals surface area contributed by atoms with Crippen molar-refractivity contribution in [3.05, 3.63) is 63.9 Å². The number of nitrogens with one attached hydrogen (secondary N) is 1. The van der Waals surface area contributed by atoms with Gasteiger partial charge in [0.15, 0.2) is 0 Å². The summed E-state index contributed by atoms with van der Waals surface area (Å²) in [5, 5.41) is 9.56. The van der Waals surface area contributed by atoms with Gasteiger partial charge in [0.1, 0.15) is 6.54 Å². The first kappa shape index (κ1) is 16.4. The van der Waals surface area contributed by atoms with Crippen LogP contribution >= 0.6 is 11.3 Å². The van der Waals surface area contributed by atoms with E-state index in [4.69, 9.17) is 0 Å². The zero-order chi connectivity index (χ0) is 17.1. The molecule has 1 unspecified atom stereocenters. The molecule has 0 aliphatic rings. The first-order valence-corrected chi connectivity index (χ1v) is 8.72. The second kappa shape index (κ2) is 6.97. The highest BCUT2D eigenvalue weighted by Gasteiger charge is 2.19. The van der Waals surface area contributed by atoms with Gasteiger partial charge in [-0.3, -0.25) is 9.59 Å². The Bertz CT molecular complexity index is 899. The Morgan fingerprint density at radius 3 is 2.71 bits per heavy atom. The number of nitrogens with zero attached hydrogens (tertiary/aromatic N) is 2. The van der Waals surface area contributed by atoms with Crippen LogP contribution in [-0.2, 0) is 11.3 Å². The maximum Gasteiger partial charge on any atom is 0.275 e. The summed E-state index contributed by atoms with van der Waals surface area (Å²) in [7, 11) is 0. The average Bonchev–Trinajstić information content (AvgIpc) is 3.05. The highest BCUT2D eigenvalue weighted by molar-refractivity contribution is 7.17. The molecule has 0 fully saturated rings. The molecule has 0 saturated heterocycles. The zero-order valence-corrected chi connectivity index (χ0v) is 14.4. The molecule has 24 heavy (non-hydrogen) atoms. The van der Waals surface area contributed by atoms with Crippen molar-refractivity contribution in [1.29, 1.82) is 0 Å². The smallest absolute Gasteiger partial charge is 0.275 e. The van der Waals surface area contributed by atoms with Crippen LogP contribution in [0.2, 0.25) is 0 Å². The van der Waals surface area contributed by atoms with Crippen molar-refractivity contribution >= 4 is 27.3 Å². The molecule has 0 aliphatic heterocycles. The molecule has 5 nitrogen and oxygen atoms in total. The predicted molar refractivity (Wildman–Crippen MR) is 96.0 cm³/mol. The second-order valence-corrected chi connectivity index (χ2v) is 6.95. The number of benzene rings is 1. The van der Waals surface area contributed by atoms with E-state index < -0.39 is 0 Å². The van der Waals surface area contributed by atoms with Crippen molar-refractivity contribution in [2.75, 3.05) is 0 Å². The molecule has 0 radical (unpaired) electrons. The lowest BCUT2D eigenvalue weighted by Gasteiger charge is -2.23. The molecular weight excluding hydrogens is 322 g/mol. The molecule has 2 heterocycles. The Morgan fingerprint density at radius 1 is 1.25 bits per heavy atom. The average molecular weight is 341 g/mol. The van der Waals surface area contributed by atoms with Crippen molar-refractivity contribution in [3.8, 4) is 0 Å². The summed E-state index contributed by atoms with van der Waals surface area (Å²) < 4.78 is 2.05. The van der Waals surface area contributed by atoms with E-state index in [2.05, 4.69) is 24.3 Å². The van der Waals surface area contributed by atoms with Gasteiger partial charge in [0.05, 0.1) is 22.3 Å². The molecule has 124 valence electrons. The van der Waals surface area contributed by atoms with Gasteiger partial charge in [-0.25, -0.2) is 4.68 Å². The van der Waals surface area contributed by atoms with E-state index in [0.29, 0.717) is 5.39 Å². The third kappa shape index (κ3) is 3.38. The van der Waals surface area contributed by atoms with E-state index in [1.807, 2.05) is 35.7 Å². The molecule has 1 aromatic carbocycles. The molecule has 0 bridgehead atoms. The number of thiophene rings is 1. The fourth-order valence-corrected chi connectivity index (χ4v) is 3.42. The fourth-order valence-electron chi connectivity index (χ4n) is 2.67. The number of rotatable bonds is 5. The number of carbonyl (C=O) groups excluding carboxylic acids is 1. The Kier molecular flexibility index (Phi) is 4.76. The lowest BCUT2D eigenvalue weighted by Crippen LogP contribution is -2.37. The van der Waals surface area contributed by atoms with Crippen molar-refractivity contribution < 1.29 is 4.79 Å². The molecule has 0 spiro atoms. The Hall–Kier alpha value is -2.47. The van der Waals surface area contributed by atoms with Crippen molar-refractivity contribution in [1.82, 2.24) is 15.1 Å². The van der Waals surface area contributed by atoms with Crippen molar-refractivity contribution in [3.63, 3.8) is 0 Å². The van der Waals surface area contributed by atoms with Crippen molar-refractivity contribution in [2.24, 2.45) is 5.92 Å². The van der Waals surface area contributed by atoms with E-state index in [1.54, 1.807) is 12.3 Å². The maximum atomic E-state index is 12.4. The van der Waals surface area contributed by atoms with E-state index in [1.165, 1.54) is 16.0 Å². The minimum absolute atomic E-state index is 0.0827. The molecule has 3 rings (SSSR count). The highest BCUT2D eigenvalue weighted by atomic mass is 32.1. The molecule has 0 saturated carbocycles. The first-order valence-electron chi connectivity index (χ1n) is 7.84. The number of hydrogen-bond donors (Lipinski definition) is 1. The van der Waals surface area contributed by atoms with Crippen LogP contribution in [-0.4, -0.2) is 15.7 Å². The predicted octanol–water partition coefficient (Wildman–Crippen LogP) is 2.97. The van der Waals surface area contributed by atoms with Crippen LogP contribution in [0.25, 0.3) is 10.1 Å². The molecule has 3 aromatic rings. The monoisotopic (exact) mass is 341 g/mol. The van der Waals surface area contributed by atoms with Gasteiger partial charge in [-0.1, -0.05) is 44.2 Å². The van der Waals surface area contributed by atoms with E-state index in [-0.39, 0.29) is 30.0 Å². The Labute approximate surface area is 143 Å². The molecule has 0 aliphatic carbocycles. The molecule has 2 aromatic heterocycles. The van der Waals surface area contributed by atoms with Gasteiger partial charge >= 0.3 is 0 Å². The van der Waals surface area contributed by atoms with Crippen LogP contribution in [0.5, 0.6) is 0 Å². The third-order valence-electron chi connectivity index (χ3n) is 3.91. The van der Waals surface area contributed by atoms with Gasteiger partial charge in [0, 0.05) is 0 Å². The van der Waals surface area contributed by atoms with Gasteiger partial charge in [-0.15, -0.1) is 11.3 Å². The molecule has 1 N–H and O–H groups in total. The summed E-state index contributed by atoms with van der Waals surface area (Å²) in [4.78, 5) is 24.8. The highest BCUT2D eigenvalue weighted by Crippen LogP contribution is 2.21. The molecular formula is C18H19N3O2S. The SMILES string of the molecule is CC(C)C(NC(=O)Cn1ncc2sccc2c1=O)c1ccccc1. The topological polar surface area (TPSA) is 64.0 Å². The fraction of sp³-hybridized carbons (Fsp3) is 0.278. The number of carbonyl (C=O) groups is 1. The number of fused-ring (bicyclic) bond motifs is 1. The van der Waals surface area contributed by atoms with Crippen LogP contribution in [0, 0.1) is 5.92 Å². The normalized spacial score (nSPS) is 12.5. The molecule has 1 amide bonds. The minimum Gasteiger partial charge on any atom is -0.347 e. The van der Waals surface area contributed by atoms with Crippen LogP contribution in [0.1, 0.15) is 25.5 Å². The lowest BCUT2D eigenvalue weighted by molar-refractivity contribution is -0.123. The number of aromatic nitrogens is 2. The first-order chi connectivity index (χ1) is 11.6. The van der Waals surface area contributed by atoms with Gasteiger partial charge in [-0.05, 0) is 22.9 Å². The van der Waals surface area contributed by atoms with Crippen LogP contribution < -0.4 is 10.9 Å². The minimum atomic E-state index is -0.232. The van der Waals surface area contributed by atoms with Crippen LogP contribution in [0.3, 0.4) is 0 Å². The summed E-state index contributed by atoms with van der Waals surface area (Å²) in [5.41, 5.74) is 0.819. The van der Waals surface area contributed by atoms with Gasteiger partial charge < -0.3 is 5.32 Å². The summed E-state index contributed by atoms with van der Waals surface area (Å²) in [6.45, 7) is 4.03. The second-order valence-electron chi connectivity index (χ2n) is 6.01. The molecule has 6 heteroatoms. The maximum absolute atomic E-state index is 12.4. The quantitative estimate of drug-likeness (QED) is 0.776. The third-order valence-corrected chi connectivity index (χ3v) is 4.76. The summed E-state index contributed by atoms with van der Waals surface area (Å²) in [6.07, 6.45) is 1.63. The molecule has 1 atom stereocenters. The zero-order valence-electron chi connectivity index (χ0n) is 13.6. The Morgan fingerprint density at radius 2 is 2.00 bits per heavy atom. The Balaban J connectivity index is 1.78. The number of amides is 1. The number of hydrogen-bond acceptors (Lipinski definition) is 4. The summed E-state index contributed by atoms with van der Waals surface area (Å²) >= 11 is 1.46. The van der Waals surface area contributed by atoms with Crippen molar-refractivity contribution in [2.45, 2.75) is 26.4 Å². The van der Waals surface area contributed by atoms with Crippen LogP contribution in [0.15, 0.2) is 52.8 Å².